The molecule has 128 valence electrons. The summed E-state index contributed by atoms with van der Waals surface area (Å²) >= 11 is 0. The number of carbonyl (C=O) groups excluding carboxylic acids is 1. The quantitative estimate of drug-likeness (QED) is 0.837. The van der Waals surface area contributed by atoms with E-state index < -0.39 is 10.0 Å². The second-order valence-electron chi connectivity index (χ2n) is 6.68. The molecule has 1 saturated carbocycles. The monoisotopic (exact) mass is 338 g/mol. The average Bonchev–Trinajstić information content (AvgIpc) is 2.97. The lowest BCUT2D eigenvalue weighted by Gasteiger charge is -2.14. The summed E-state index contributed by atoms with van der Waals surface area (Å²) in [6, 6.07) is 4.74. The van der Waals surface area contributed by atoms with Crippen molar-refractivity contribution in [1.82, 2.24) is 10.0 Å². The molecule has 1 amide bonds. The van der Waals surface area contributed by atoms with E-state index in [-0.39, 0.29) is 16.8 Å². The Morgan fingerprint density at radius 2 is 1.91 bits per heavy atom. The number of sulfonamides is 1. The van der Waals surface area contributed by atoms with Gasteiger partial charge < -0.3 is 5.32 Å². The summed E-state index contributed by atoms with van der Waals surface area (Å²) in [4.78, 5) is 12.4. The maximum atomic E-state index is 12.5. The van der Waals surface area contributed by atoms with Crippen LogP contribution in [-0.2, 0) is 10.0 Å². The van der Waals surface area contributed by atoms with Crippen LogP contribution < -0.4 is 10.0 Å². The Morgan fingerprint density at radius 1 is 1.26 bits per heavy atom. The fourth-order valence-corrected chi connectivity index (χ4v) is 4.07. The highest BCUT2D eigenvalue weighted by atomic mass is 32.2. The third-order valence-corrected chi connectivity index (χ3v) is 5.63. The Kier molecular flexibility index (Phi) is 5.81. The van der Waals surface area contributed by atoms with E-state index in [2.05, 4.69) is 10.0 Å². The van der Waals surface area contributed by atoms with Crippen LogP contribution in [0.5, 0.6) is 0 Å². The number of rotatable bonds is 6. The van der Waals surface area contributed by atoms with Crippen molar-refractivity contribution in [3.63, 3.8) is 0 Å². The molecule has 0 bridgehead atoms. The van der Waals surface area contributed by atoms with Gasteiger partial charge in [-0.3, -0.25) is 4.79 Å². The third kappa shape index (κ3) is 4.78. The topological polar surface area (TPSA) is 75.3 Å². The molecule has 2 N–H and O–H groups in total. The minimum Gasteiger partial charge on any atom is -0.352 e. The molecule has 0 spiro atoms. The van der Waals surface area contributed by atoms with E-state index in [0.717, 1.165) is 31.2 Å². The van der Waals surface area contributed by atoms with Gasteiger partial charge in [0.1, 0.15) is 0 Å². The molecule has 23 heavy (non-hydrogen) atoms. The van der Waals surface area contributed by atoms with Crippen LogP contribution in [0.2, 0.25) is 0 Å². The lowest BCUT2D eigenvalue weighted by atomic mass is 10.1. The first-order valence-electron chi connectivity index (χ1n) is 8.21. The van der Waals surface area contributed by atoms with E-state index >= 15 is 0 Å². The second kappa shape index (κ2) is 7.45. The molecule has 1 aliphatic rings. The third-order valence-electron chi connectivity index (χ3n) is 4.11. The van der Waals surface area contributed by atoms with Crippen molar-refractivity contribution in [3.8, 4) is 0 Å². The standard InChI is InChI=1S/C17H26N2O3S/c1-12(2)11-18-17(20)16-10-15(9-8-13(16)3)23(21,22)19-14-6-4-5-7-14/h8-10,12,14,19H,4-7,11H2,1-3H3,(H,18,20). The van der Waals surface area contributed by atoms with Crippen molar-refractivity contribution in [3.05, 3.63) is 29.3 Å². The number of nitrogens with one attached hydrogen (secondary N) is 2. The SMILES string of the molecule is Cc1ccc(S(=O)(=O)NC2CCCC2)cc1C(=O)NCC(C)C. The van der Waals surface area contributed by atoms with Gasteiger partial charge >= 0.3 is 0 Å². The van der Waals surface area contributed by atoms with Crippen molar-refractivity contribution < 1.29 is 13.2 Å². The second-order valence-corrected chi connectivity index (χ2v) is 8.40. The Hall–Kier alpha value is -1.40. The highest BCUT2D eigenvalue weighted by Gasteiger charge is 2.24. The van der Waals surface area contributed by atoms with Crippen molar-refractivity contribution in [2.24, 2.45) is 5.92 Å². The van der Waals surface area contributed by atoms with Crippen LogP contribution in [-0.4, -0.2) is 26.9 Å². The van der Waals surface area contributed by atoms with Gasteiger partial charge in [0, 0.05) is 18.2 Å². The molecule has 5 nitrogen and oxygen atoms in total. The summed E-state index contributed by atoms with van der Waals surface area (Å²) in [5.41, 5.74) is 1.19. The zero-order valence-electron chi connectivity index (χ0n) is 14.1. The van der Waals surface area contributed by atoms with Crippen LogP contribution in [0.1, 0.15) is 55.5 Å². The summed E-state index contributed by atoms with van der Waals surface area (Å²) in [6.45, 7) is 6.40. The van der Waals surface area contributed by atoms with E-state index in [1.54, 1.807) is 12.1 Å². The van der Waals surface area contributed by atoms with Gasteiger partial charge in [-0.15, -0.1) is 0 Å². The van der Waals surface area contributed by atoms with E-state index in [1.807, 2.05) is 20.8 Å². The molecule has 0 aliphatic heterocycles. The number of hydrogen-bond donors (Lipinski definition) is 2. The number of hydrogen-bond acceptors (Lipinski definition) is 3. The van der Waals surface area contributed by atoms with E-state index in [1.165, 1.54) is 6.07 Å². The first-order valence-corrected chi connectivity index (χ1v) is 9.69. The van der Waals surface area contributed by atoms with Gasteiger partial charge in [-0.2, -0.15) is 0 Å². The Balaban J connectivity index is 2.19. The molecule has 0 unspecified atom stereocenters. The molecule has 0 heterocycles. The van der Waals surface area contributed by atoms with Gasteiger partial charge in [0.05, 0.1) is 4.90 Å². The summed E-state index contributed by atoms with van der Waals surface area (Å²) in [5, 5.41) is 2.84. The molecule has 0 radical (unpaired) electrons. The first kappa shape index (κ1) is 17.9. The van der Waals surface area contributed by atoms with Crippen LogP contribution in [0.25, 0.3) is 0 Å². The maximum Gasteiger partial charge on any atom is 0.251 e. The van der Waals surface area contributed by atoms with Crippen LogP contribution in [0.3, 0.4) is 0 Å². The minimum absolute atomic E-state index is 0.0134. The molecule has 0 aromatic heterocycles. The Morgan fingerprint density at radius 3 is 2.52 bits per heavy atom. The van der Waals surface area contributed by atoms with Crippen molar-refractivity contribution >= 4 is 15.9 Å². The van der Waals surface area contributed by atoms with E-state index in [9.17, 15) is 13.2 Å². The van der Waals surface area contributed by atoms with Gasteiger partial charge in [0.2, 0.25) is 10.0 Å². The molecular formula is C17H26N2O3S. The smallest absolute Gasteiger partial charge is 0.251 e. The number of aryl methyl sites for hydroxylation is 1. The van der Waals surface area contributed by atoms with E-state index in [0.29, 0.717) is 18.0 Å². The molecule has 1 aliphatic carbocycles. The van der Waals surface area contributed by atoms with Gasteiger partial charge in [-0.1, -0.05) is 32.8 Å². The summed E-state index contributed by atoms with van der Waals surface area (Å²) < 4.78 is 27.7. The first-order chi connectivity index (χ1) is 10.8. The number of amides is 1. The molecular weight excluding hydrogens is 312 g/mol. The van der Waals surface area contributed by atoms with Gasteiger partial charge in [-0.25, -0.2) is 13.1 Å². The van der Waals surface area contributed by atoms with Crippen LogP contribution >= 0.6 is 0 Å². The molecule has 1 aromatic rings. The molecule has 0 saturated heterocycles. The lowest BCUT2D eigenvalue weighted by Crippen LogP contribution is -2.33. The fraction of sp³-hybridized carbons (Fsp3) is 0.588. The minimum atomic E-state index is -3.58. The fourth-order valence-electron chi connectivity index (χ4n) is 2.74. The highest BCUT2D eigenvalue weighted by molar-refractivity contribution is 7.89. The largest absolute Gasteiger partial charge is 0.352 e. The normalized spacial score (nSPS) is 16.0. The molecule has 1 aromatic carbocycles. The maximum absolute atomic E-state index is 12.5. The zero-order valence-corrected chi connectivity index (χ0v) is 14.9. The predicted molar refractivity (Wildman–Crippen MR) is 90.9 cm³/mol. The summed E-state index contributed by atoms with van der Waals surface area (Å²) in [6.07, 6.45) is 3.88. The lowest BCUT2D eigenvalue weighted by molar-refractivity contribution is 0.0948. The summed E-state index contributed by atoms with van der Waals surface area (Å²) in [5.74, 6) is 0.115. The van der Waals surface area contributed by atoms with E-state index in [4.69, 9.17) is 0 Å². The molecule has 6 heteroatoms. The van der Waals surface area contributed by atoms with Crippen molar-refractivity contribution in [1.29, 1.82) is 0 Å². The molecule has 0 atom stereocenters. The average molecular weight is 338 g/mol. The highest BCUT2D eigenvalue weighted by Crippen LogP contribution is 2.21. The predicted octanol–water partition coefficient (Wildman–Crippen LogP) is 2.60. The number of carbonyl (C=O) groups is 1. The summed E-state index contributed by atoms with van der Waals surface area (Å²) in [7, 11) is -3.58. The van der Waals surface area contributed by atoms with Crippen LogP contribution in [0.4, 0.5) is 0 Å². The van der Waals surface area contributed by atoms with Crippen molar-refractivity contribution in [2.75, 3.05) is 6.54 Å². The Labute approximate surface area is 138 Å². The van der Waals surface area contributed by atoms with Crippen molar-refractivity contribution in [2.45, 2.75) is 57.4 Å². The van der Waals surface area contributed by atoms with Crippen LogP contribution in [0.15, 0.2) is 23.1 Å². The zero-order chi connectivity index (χ0) is 17.0. The number of benzene rings is 1. The van der Waals surface area contributed by atoms with Gasteiger partial charge in [-0.05, 0) is 43.4 Å². The van der Waals surface area contributed by atoms with Crippen LogP contribution in [0, 0.1) is 12.8 Å². The Bertz CT molecular complexity index is 662. The van der Waals surface area contributed by atoms with Gasteiger partial charge in [0.25, 0.3) is 5.91 Å². The van der Waals surface area contributed by atoms with Gasteiger partial charge in [0.15, 0.2) is 0 Å². The molecule has 2 rings (SSSR count). The molecule has 1 fully saturated rings.